The zero-order valence-corrected chi connectivity index (χ0v) is 20.0. The minimum Gasteiger partial charge on any atom is -0.322 e. The smallest absolute Gasteiger partial charge is 0.255 e. The number of rotatable bonds is 9. The summed E-state index contributed by atoms with van der Waals surface area (Å²) in [6.07, 6.45) is 0. The second-order valence-electron chi connectivity index (χ2n) is 7.06. The highest BCUT2D eigenvalue weighted by Gasteiger charge is 2.24. The van der Waals surface area contributed by atoms with Crippen molar-refractivity contribution in [2.75, 3.05) is 28.9 Å². The Morgan fingerprint density at radius 1 is 0.903 bits per heavy atom. The molecule has 1 amide bonds. The van der Waals surface area contributed by atoms with E-state index in [0.29, 0.717) is 35.6 Å². The van der Waals surface area contributed by atoms with Crippen LogP contribution in [0.2, 0.25) is 0 Å². The molecule has 31 heavy (non-hydrogen) atoms. The highest BCUT2D eigenvalue weighted by Crippen LogP contribution is 2.24. The van der Waals surface area contributed by atoms with E-state index in [2.05, 4.69) is 10.0 Å². The maximum Gasteiger partial charge on any atom is 0.255 e. The molecule has 0 aliphatic heterocycles. The molecule has 170 valence electrons. The van der Waals surface area contributed by atoms with Crippen molar-refractivity contribution in [2.45, 2.75) is 39.5 Å². The second kappa shape index (κ2) is 9.80. The van der Waals surface area contributed by atoms with Gasteiger partial charge in [0.05, 0.1) is 16.3 Å². The lowest BCUT2D eigenvalue weighted by Gasteiger charge is -2.20. The van der Waals surface area contributed by atoms with Gasteiger partial charge in [0.25, 0.3) is 5.91 Å². The molecule has 2 N–H and O–H groups in total. The van der Waals surface area contributed by atoms with Crippen molar-refractivity contribution in [1.82, 2.24) is 4.31 Å². The lowest BCUT2D eigenvalue weighted by atomic mass is 10.1. The number of sulfonamides is 2. The highest BCUT2D eigenvalue weighted by molar-refractivity contribution is 7.92. The molecule has 0 saturated heterocycles. The minimum atomic E-state index is -3.70. The maximum atomic E-state index is 12.9. The number of nitrogens with zero attached hydrogens (tertiary/aromatic N) is 1. The summed E-state index contributed by atoms with van der Waals surface area (Å²) >= 11 is 0. The molecule has 0 unspecified atom stereocenters. The molecule has 2 rings (SSSR count). The monoisotopic (exact) mass is 467 g/mol. The Hall–Kier alpha value is -2.43. The van der Waals surface area contributed by atoms with Gasteiger partial charge in [-0.3, -0.25) is 9.52 Å². The van der Waals surface area contributed by atoms with E-state index in [-0.39, 0.29) is 16.2 Å². The van der Waals surface area contributed by atoms with Gasteiger partial charge in [-0.2, -0.15) is 4.31 Å². The Balaban J connectivity index is 2.30. The van der Waals surface area contributed by atoms with Crippen LogP contribution in [0.5, 0.6) is 0 Å². The van der Waals surface area contributed by atoms with Crippen LogP contribution < -0.4 is 10.0 Å². The fourth-order valence-corrected chi connectivity index (χ4v) is 5.44. The van der Waals surface area contributed by atoms with Gasteiger partial charge in [-0.1, -0.05) is 19.9 Å². The number of carbonyl (C=O) groups is 1. The average Bonchev–Trinajstić information content (AvgIpc) is 2.70. The molecule has 0 saturated carbocycles. The fraction of sp³-hybridized carbons (Fsp3) is 0.381. The van der Waals surface area contributed by atoms with Crippen LogP contribution in [0.1, 0.15) is 42.3 Å². The van der Waals surface area contributed by atoms with Crippen molar-refractivity contribution in [3.63, 3.8) is 0 Å². The van der Waals surface area contributed by atoms with Crippen molar-refractivity contribution < 1.29 is 21.6 Å². The van der Waals surface area contributed by atoms with Crippen LogP contribution in [-0.2, 0) is 20.0 Å². The summed E-state index contributed by atoms with van der Waals surface area (Å²) in [6.45, 7) is 9.16. The lowest BCUT2D eigenvalue weighted by Crippen LogP contribution is -2.31. The van der Waals surface area contributed by atoms with Crippen LogP contribution in [0.15, 0.2) is 41.3 Å². The van der Waals surface area contributed by atoms with Crippen LogP contribution in [0.3, 0.4) is 0 Å². The SMILES string of the molecule is CCN(CC)S(=O)(=O)c1cc(C(=O)Nc2ccc(NS(=O)(=O)CC)c(C)c2)ccc1C. The van der Waals surface area contributed by atoms with Gasteiger partial charge in [-0.05, 0) is 62.2 Å². The van der Waals surface area contributed by atoms with E-state index in [1.807, 2.05) is 0 Å². The van der Waals surface area contributed by atoms with Gasteiger partial charge in [-0.25, -0.2) is 16.8 Å². The standard InChI is InChI=1S/C21H29N3O5S2/c1-6-24(7-2)31(28,29)20-14-17(10-9-15(20)4)21(25)22-18-11-12-19(16(5)13-18)23-30(26,27)8-3/h9-14,23H,6-8H2,1-5H3,(H,22,25). The maximum absolute atomic E-state index is 12.9. The van der Waals surface area contributed by atoms with E-state index in [0.717, 1.165) is 0 Å². The van der Waals surface area contributed by atoms with Gasteiger partial charge in [0, 0.05) is 24.3 Å². The van der Waals surface area contributed by atoms with Crippen LogP contribution in [-0.4, -0.2) is 45.9 Å². The number of amides is 1. The van der Waals surface area contributed by atoms with Crippen LogP contribution in [0, 0.1) is 13.8 Å². The Morgan fingerprint density at radius 2 is 1.55 bits per heavy atom. The highest BCUT2D eigenvalue weighted by atomic mass is 32.2. The van der Waals surface area contributed by atoms with Gasteiger partial charge in [-0.15, -0.1) is 0 Å². The average molecular weight is 468 g/mol. The quantitative estimate of drug-likeness (QED) is 0.587. The van der Waals surface area contributed by atoms with Gasteiger partial charge >= 0.3 is 0 Å². The zero-order valence-electron chi connectivity index (χ0n) is 18.4. The molecule has 2 aromatic rings. The first kappa shape index (κ1) is 24.8. The van der Waals surface area contributed by atoms with E-state index in [4.69, 9.17) is 0 Å². The third-order valence-electron chi connectivity index (χ3n) is 4.90. The predicted octanol–water partition coefficient (Wildman–Crippen LogP) is 3.35. The molecular weight excluding hydrogens is 438 g/mol. The third kappa shape index (κ3) is 5.84. The number of benzene rings is 2. The van der Waals surface area contributed by atoms with E-state index < -0.39 is 26.0 Å². The molecule has 0 aromatic heterocycles. The van der Waals surface area contributed by atoms with Crippen molar-refractivity contribution in [3.8, 4) is 0 Å². The molecule has 2 aromatic carbocycles. The van der Waals surface area contributed by atoms with Crippen molar-refractivity contribution >= 4 is 37.3 Å². The van der Waals surface area contributed by atoms with E-state index >= 15 is 0 Å². The number of aryl methyl sites for hydroxylation is 2. The summed E-state index contributed by atoms with van der Waals surface area (Å²) in [6, 6.07) is 9.37. The van der Waals surface area contributed by atoms with Crippen molar-refractivity contribution in [3.05, 3.63) is 53.1 Å². The van der Waals surface area contributed by atoms with E-state index in [1.54, 1.807) is 65.0 Å². The van der Waals surface area contributed by atoms with Crippen molar-refractivity contribution in [1.29, 1.82) is 0 Å². The predicted molar refractivity (Wildman–Crippen MR) is 124 cm³/mol. The van der Waals surface area contributed by atoms with Gasteiger partial charge in [0.2, 0.25) is 20.0 Å². The van der Waals surface area contributed by atoms with Crippen LogP contribution in [0.4, 0.5) is 11.4 Å². The Kier molecular flexibility index (Phi) is 7.85. The number of hydrogen-bond acceptors (Lipinski definition) is 5. The van der Waals surface area contributed by atoms with E-state index in [9.17, 15) is 21.6 Å². The molecule has 0 aliphatic carbocycles. The second-order valence-corrected chi connectivity index (χ2v) is 11.0. The molecule has 10 heteroatoms. The van der Waals surface area contributed by atoms with Gasteiger partial charge < -0.3 is 5.32 Å². The summed E-state index contributed by atoms with van der Waals surface area (Å²) in [7, 11) is -7.11. The molecule has 0 aliphatic rings. The molecule has 0 fully saturated rings. The zero-order chi connectivity index (χ0) is 23.4. The summed E-state index contributed by atoms with van der Waals surface area (Å²) in [5.41, 5.74) is 2.32. The van der Waals surface area contributed by atoms with Gasteiger partial charge in [0.1, 0.15) is 0 Å². The summed E-state index contributed by atoms with van der Waals surface area (Å²) in [5.74, 6) is -0.505. The summed E-state index contributed by atoms with van der Waals surface area (Å²) in [4.78, 5) is 12.9. The lowest BCUT2D eigenvalue weighted by molar-refractivity contribution is 0.102. The van der Waals surface area contributed by atoms with Gasteiger partial charge in [0.15, 0.2) is 0 Å². The molecule has 0 spiro atoms. The largest absolute Gasteiger partial charge is 0.322 e. The molecule has 0 radical (unpaired) electrons. The number of nitrogens with one attached hydrogen (secondary N) is 2. The normalized spacial score (nSPS) is 12.1. The first-order chi connectivity index (χ1) is 14.4. The van der Waals surface area contributed by atoms with Crippen molar-refractivity contribution in [2.24, 2.45) is 0 Å². The number of anilines is 2. The molecule has 8 nitrogen and oxygen atoms in total. The Bertz CT molecular complexity index is 1170. The summed E-state index contributed by atoms with van der Waals surface area (Å²) < 4.78 is 53.2. The molecule has 0 atom stereocenters. The summed E-state index contributed by atoms with van der Waals surface area (Å²) in [5, 5.41) is 2.73. The number of carbonyl (C=O) groups excluding carboxylic acids is 1. The first-order valence-corrected chi connectivity index (χ1v) is 13.1. The number of hydrogen-bond donors (Lipinski definition) is 2. The fourth-order valence-electron chi connectivity index (χ4n) is 3.02. The molecular formula is C21H29N3O5S2. The molecule has 0 bridgehead atoms. The third-order valence-corrected chi connectivity index (χ3v) is 8.39. The Morgan fingerprint density at radius 3 is 2.10 bits per heavy atom. The van der Waals surface area contributed by atoms with Crippen LogP contribution >= 0.6 is 0 Å². The Labute approximate surface area is 184 Å². The van der Waals surface area contributed by atoms with E-state index in [1.165, 1.54) is 10.4 Å². The molecule has 0 heterocycles. The first-order valence-electron chi connectivity index (χ1n) is 9.98. The minimum absolute atomic E-state index is 0.0446. The topological polar surface area (TPSA) is 113 Å². The van der Waals surface area contributed by atoms with Crippen LogP contribution in [0.25, 0.3) is 0 Å².